The van der Waals surface area contributed by atoms with E-state index in [9.17, 15) is 8.42 Å². The second-order valence-electron chi connectivity index (χ2n) is 3.40. The van der Waals surface area contributed by atoms with Crippen LogP contribution in [0.15, 0.2) is 18.2 Å². The van der Waals surface area contributed by atoms with Gasteiger partial charge in [-0.1, -0.05) is 17.7 Å². The number of benzene rings is 1. The van der Waals surface area contributed by atoms with Crippen LogP contribution in [-0.4, -0.2) is 28.8 Å². The molecule has 1 aromatic rings. The first-order valence-electron chi connectivity index (χ1n) is 4.25. The van der Waals surface area contributed by atoms with Gasteiger partial charge in [0.2, 0.25) is 10.0 Å². The molecule has 0 saturated heterocycles. The van der Waals surface area contributed by atoms with Gasteiger partial charge in [0.25, 0.3) is 0 Å². The molecular formula is C9H13ClN2O2S. The highest BCUT2D eigenvalue weighted by Gasteiger charge is 2.11. The minimum atomic E-state index is -3.29. The highest BCUT2D eigenvalue weighted by molar-refractivity contribution is 7.92. The fraction of sp³-hybridized carbons (Fsp3) is 0.333. The standard InChI is InChI=1S/C9H13ClN2O2S/c1-12(2)9-7(10)5-4-6-8(9)11-15(3,13)14/h4-6,11H,1-3H3. The molecule has 0 aromatic heterocycles. The van der Waals surface area contributed by atoms with Gasteiger partial charge < -0.3 is 4.90 Å². The summed E-state index contributed by atoms with van der Waals surface area (Å²) in [7, 11) is 0.315. The van der Waals surface area contributed by atoms with E-state index in [0.29, 0.717) is 16.4 Å². The Bertz CT molecular complexity index is 457. The zero-order valence-corrected chi connectivity index (χ0v) is 10.4. The number of sulfonamides is 1. The van der Waals surface area contributed by atoms with Crippen molar-refractivity contribution in [3.63, 3.8) is 0 Å². The summed E-state index contributed by atoms with van der Waals surface area (Å²) in [5, 5.41) is 0.508. The summed E-state index contributed by atoms with van der Waals surface area (Å²) in [6.45, 7) is 0. The van der Waals surface area contributed by atoms with Gasteiger partial charge in [-0.05, 0) is 12.1 Å². The van der Waals surface area contributed by atoms with E-state index in [1.807, 2.05) is 0 Å². The molecule has 84 valence electrons. The predicted octanol–water partition coefficient (Wildman–Crippen LogP) is 1.78. The number of halogens is 1. The summed E-state index contributed by atoms with van der Waals surface area (Å²) >= 11 is 5.98. The average molecular weight is 249 g/mol. The lowest BCUT2D eigenvalue weighted by molar-refractivity contribution is 0.607. The highest BCUT2D eigenvalue weighted by atomic mass is 35.5. The Morgan fingerprint density at radius 1 is 1.33 bits per heavy atom. The topological polar surface area (TPSA) is 49.4 Å². The molecular weight excluding hydrogens is 236 g/mol. The molecule has 0 radical (unpaired) electrons. The molecule has 0 saturated carbocycles. The fourth-order valence-electron chi connectivity index (χ4n) is 1.25. The second-order valence-corrected chi connectivity index (χ2v) is 5.56. The fourth-order valence-corrected chi connectivity index (χ4v) is 2.16. The number of nitrogens with zero attached hydrogens (tertiary/aromatic N) is 1. The van der Waals surface area contributed by atoms with E-state index in [4.69, 9.17) is 11.6 Å². The Morgan fingerprint density at radius 2 is 1.93 bits per heavy atom. The van der Waals surface area contributed by atoms with Gasteiger partial charge in [-0.25, -0.2) is 8.42 Å². The van der Waals surface area contributed by atoms with Crippen LogP contribution in [0.5, 0.6) is 0 Å². The minimum absolute atomic E-state index is 0.481. The summed E-state index contributed by atoms with van der Waals surface area (Å²) in [6, 6.07) is 5.08. The van der Waals surface area contributed by atoms with Crippen molar-refractivity contribution in [2.24, 2.45) is 0 Å². The number of hydrogen-bond donors (Lipinski definition) is 1. The van der Waals surface area contributed by atoms with Crippen molar-refractivity contribution in [3.8, 4) is 0 Å². The maximum Gasteiger partial charge on any atom is 0.229 e. The van der Waals surface area contributed by atoms with Crippen LogP contribution in [-0.2, 0) is 10.0 Å². The van der Waals surface area contributed by atoms with Crippen LogP contribution in [0.1, 0.15) is 0 Å². The quantitative estimate of drug-likeness (QED) is 0.887. The summed E-state index contributed by atoms with van der Waals surface area (Å²) in [6.07, 6.45) is 1.10. The van der Waals surface area contributed by atoms with Crippen LogP contribution < -0.4 is 9.62 Å². The van der Waals surface area contributed by atoms with Crippen molar-refractivity contribution in [3.05, 3.63) is 23.2 Å². The van der Waals surface area contributed by atoms with Crippen LogP contribution >= 0.6 is 11.6 Å². The van der Waals surface area contributed by atoms with E-state index >= 15 is 0 Å². The summed E-state index contributed by atoms with van der Waals surface area (Å²) in [5.41, 5.74) is 1.14. The van der Waals surface area contributed by atoms with Gasteiger partial charge in [0.15, 0.2) is 0 Å². The third kappa shape index (κ3) is 3.28. The molecule has 1 N–H and O–H groups in total. The molecule has 0 bridgehead atoms. The van der Waals surface area contributed by atoms with Crippen LogP contribution in [0.25, 0.3) is 0 Å². The van der Waals surface area contributed by atoms with Gasteiger partial charge in [0.05, 0.1) is 22.7 Å². The minimum Gasteiger partial charge on any atom is -0.375 e. The Kier molecular flexibility index (Phi) is 3.46. The molecule has 0 aliphatic rings. The van der Waals surface area contributed by atoms with Crippen molar-refractivity contribution in [1.29, 1.82) is 0 Å². The van der Waals surface area contributed by atoms with E-state index in [2.05, 4.69) is 4.72 Å². The van der Waals surface area contributed by atoms with E-state index in [-0.39, 0.29) is 0 Å². The number of hydrogen-bond acceptors (Lipinski definition) is 3. The van der Waals surface area contributed by atoms with Crippen molar-refractivity contribution in [1.82, 2.24) is 0 Å². The van der Waals surface area contributed by atoms with Gasteiger partial charge in [0.1, 0.15) is 0 Å². The molecule has 0 aliphatic carbocycles. The first-order chi connectivity index (χ1) is 6.81. The molecule has 0 atom stereocenters. The summed E-state index contributed by atoms with van der Waals surface area (Å²) in [5.74, 6) is 0. The smallest absolute Gasteiger partial charge is 0.229 e. The molecule has 0 amide bonds. The van der Waals surface area contributed by atoms with E-state index in [1.165, 1.54) is 0 Å². The largest absolute Gasteiger partial charge is 0.375 e. The van der Waals surface area contributed by atoms with Crippen molar-refractivity contribution in [2.75, 3.05) is 30.0 Å². The summed E-state index contributed by atoms with van der Waals surface area (Å²) in [4.78, 5) is 1.76. The van der Waals surface area contributed by atoms with Gasteiger partial charge in [0, 0.05) is 14.1 Å². The number of nitrogens with one attached hydrogen (secondary N) is 1. The molecule has 0 unspecified atom stereocenters. The monoisotopic (exact) mass is 248 g/mol. The van der Waals surface area contributed by atoms with Gasteiger partial charge >= 0.3 is 0 Å². The van der Waals surface area contributed by atoms with Crippen molar-refractivity contribution < 1.29 is 8.42 Å². The third-order valence-corrected chi connectivity index (χ3v) is 2.63. The molecule has 0 fully saturated rings. The lowest BCUT2D eigenvalue weighted by Gasteiger charge is -2.19. The number of rotatable bonds is 3. The Balaban J connectivity index is 3.24. The zero-order valence-electron chi connectivity index (χ0n) is 8.78. The predicted molar refractivity (Wildman–Crippen MR) is 64.2 cm³/mol. The van der Waals surface area contributed by atoms with E-state index in [0.717, 1.165) is 6.26 Å². The highest BCUT2D eigenvalue weighted by Crippen LogP contribution is 2.32. The van der Waals surface area contributed by atoms with Crippen molar-refractivity contribution >= 4 is 33.0 Å². The van der Waals surface area contributed by atoms with Crippen LogP contribution in [0.2, 0.25) is 5.02 Å². The number of anilines is 2. The first kappa shape index (κ1) is 12.1. The van der Waals surface area contributed by atoms with E-state index < -0.39 is 10.0 Å². The van der Waals surface area contributed by atoms with Gasteiger partial charge in [-0.2, -0.15) is 0 Å². The molecule has 4 nitrogen and oxygen atoms in total. The Labute approximate surface area is 94.9 Å². The maximum atomic E-state index is 11.1. The second kappa shape index (κ2) is 4.28. The zero-order chi connectivity index (χ0) is 11.6. The summed E-state index contributed by atoms with van der Waals surface area (Å²) < 4.78 is 24.6. The molecule has 15 heavy (non-hydrogen) atoms. The van der Waals surface area contributed by atoms with Crippen molar-refractivity contribution in [2.45, 2.75) is 0 Å². The van der Waals surface area contributed by atoms with E-state index in [1.54, 1.807) is 37.2 Å². The molecule has 0 spiro atoms. The molecule has 1 rings (SSSR count). The normalized spacial score (nSPS) is 11.2. The molecule has 1 aromatic carbocycles. The maximum absolute atomic E-state index is 11.1. The van der Waals surface area contributed by atoms with Crippen LogP contribution in [0, 0.1) is 0 Å². The van der Waals surface area contributed by atoms with Crippen LogP contribution in [0.4, 0.5) is 11.4 Å². The lowest BCUT2D eigenvalue weighted by atomic mass is 10.2. The van der Waals surface area contributed by atoms with Gasteiger partial charge in [-0.3, -0.25) is 4.72 Å². The first-order valence-corrected chi connectivity index (χ1v) is 6.52. The third-order valence-electron chi connectivity index (χ3n) is 1.73. The Hall–Kier alpha value is -0.940. The molecule has 0 aliphatic heterocycles. The molecule has 6 heteroatoms. The SMILES string of the molecule is CN(C)c1c(Cl)cccc1NS(C)(=O)=O. The Morgan fingerprint density at radius 3 is 2.40 bits per heavy atom. The van der Waals surface area contributed by atoms with Crippen LogP contribution in [0.3, 0.4) is 0 Å². The van der Waals surface area contributed by atoms with Gasteiger partial charge in [-0.15, -0.1) is 0 Å². The molecule has 0 heterocycles. The lowest BCUT2D eigenvalue weighted by Crippen LogP contribution is -2.16. The number of para-hydroxylation sites is 1. The average Bonchev–Trinajstić information content (AvgIpc) is 1.99.